The summed E-state index contributed by atoms with van der Waals surface area (Å²) in [4.78, 5) is 28.1. The molecule has 6 aromatic rings. The minimum Gasteiger partial charge on any atom is -0.439 e. The summed E-state index contributed by atoms with van der Waals surface area (Å²) in [5.41, 5.74) is 4.04. The third kappa shape index (κ3) is 6.49. The molecule has 0 aliphatic carbocycles. The molecule has 11 heteroatoms. The van der Waals surface area contributed by atoms with Crippen LogP contribution < -0.4 is 15.6 Å². The van der Waals surface area contributed by atoms with Gasteiger partial charge in [-0.05, 0) is 63.4 Å². The average Bonchev–Trinajstić information content (AvgIpc) is 3.63. The molecule has 0 atom stereocenters. The molecular formula is C36H38F2N6O2S. The molecular weight excluding hydrogens is 618 g/mol. The molecule has 0 saturated heterocycles. The van der Waals surface area contributed by atoms with Gasteiger partial charge in [-0.15, -0.1) is 11.3 Å². The van der Waals surface area contributed by atoms with Gasteiger partial charge in [0.2, 0.25) is 11.4 Å². The molecule has 2 aromatic carbocycles. The number of unbranched alkanes of at least 4 members (excludes halogenated alkanes) is 2. The summed E-state index contributed by atoms with van der Waals surface area (Å²) in [7, 11) is 0. The molecule has 0 unspecified atom stereocenters. The number of aryl methyl sites for hydroxylation is 1. The Morgan fingerprint density at radius 2 is 1.77 bits per heavy atom. The number of rotatable bonds is 12. The Kier molecular flexibility index (Phi) is 9.35. The number of nitrogens with one attached hydrogen (secondary N) is 1. The third-order valence-electron chi connectivity index (χ3n) is 8.18. The standard InChI is InChI=1S/C36H38F2N6O2S/c1-6-8-9-15-43(14-7-2)31-18-30(45)35-34(46-31)26(20-47-35)23-10-12-25(13-11-23)41-36-39-19-28(38)32(42-36)24-16-27(37)33-29(17-24)44(21(3)4)22(5)40-33/h10-13,16-21H,6-9,14-15H2,1-5H3,(H,39,41,42). The summed E-state index contributed by atoms with van der Waals surface area (Å²) in [6.07, 6.45) is 5.32. The van der Waals surface area contributed by atoms with Crippen molar-refractivity contribution in [2.45, 2.75) is 66.3 Å². The first-order valence-electron chi connectivity index (χ1n) is 16.1. The molecule has 0 radical (unpaired) electrons. The van der Waals surface area contributed by atoms with E-state index in [1.807, 2.05) is 55.0 Å². The average molecular weight is 657 g/mol. The van der Waals surface area contributed by atoms with Crippen LogP contribution in [-0.2, 0) is 0 Å². The van der Waals surface area contributed by atoms with Gasteiger partial charge in [0.15, 0.2) is 23.1 Å². The number of imidazole rings is 1. The van der Waals surface area contributed by atoms with Crippen molar-refractivity contribution in [2.24, 2.45) is 0 Å². The van der Waals surface area contributed by atoms with Crippen molar-refractivity contribution in [1.82, 2.24) is 19.5 Å². The Bertz CT molecular complexity index is 2100. The highest BCUT2D eigenvalue weighted by molar-refractivity contribution is 7.17. The van der Waals surface area contributed by atoms with Gasteiger partial charge in [0.05, 0.1) is 11.7 Å². The molecule has 4 aromatic heterocycles. The van der Waals surface area contributed by atoms with Crippen LogP contribution in [-0.4, -0.2) is 32.6 Å². The molecule has 0 fully saturated rings. The number of hydrogen-bond donors (Lipinski definition) is 1. The molecule has 0 saturated carbocycles. The first-order chi connectivity index (χ1) is 22.7. The van der Waals surface area contributed by atoms with Crippen LogP contribution in [0.2, 0.25) is 0 Å². The number of benzene rings is 2. The smallest absolute Gasteiger partial charge is 0.227 e. The number of aromatic nitrogens is 4. The SMILES string of the molecule is CCCCCN(CCC)c1cc(=O)c2scc(-c3ccc(Nc4ncc(F)c(-c5cc(F)c6nc(C)n(C(C)C)c6c5)n4)cc3)c2o1. The maximum Gasteiger partial charge on any atom is 0.227 e. The van der Waals surface area contributed by atoms with E-state index in [9.17, 15) is 4.79 Å². The van der Waals surface area contributed by atoms with E-state index in [2.05, 4.69) is 39.0 Å². The van der Waals surface area contributed by atoms with Crippen molar-refractivity contribution in [3.8, 4) is 22.4 Å². The van der Waals surface area contributed by atoms with Crippen molar-refractivity contribution in [2.75, 3.05) is 23.3 Å². The van der Waals surface area contributed by atoms with Gasteiger partial charge in [0, 0.05) is 47.4 Å². The Morgan fingerprint density at radius 1 is 0.979 bits per heavy atom. The van der Waals surface area contributed by atoms with E-state index >= 15 is 8.78 Å². The molecule has 0 aliphatic heterocycles. The highest BCUT2D eigenvalue weighted by Gasteiger charge is 2.20. The van der Waals surface area contributed by atoms with Crippen LogP contribution in [0.3, 0.4) is 0 Å². The van der Waals surface area contributed by atoms with Gasteiger partial charge < -0.3 is 19.2 Å². The fourth-order valence-corrected chi connectivity index (χ4v) is 6.90. The lowest BCUT2D eigenvalue weighted by Gasteiger charge is -2.22. The highest BCUT2D eigenvalue weighted by Crippen LogP contribution is 2.36. The minimum atomic E-state index is -0.662. The van der Waals surface area contributed by atoms with Crippen LogP contribution in [0.4, 0.5) is 26.3 Å². The summed E-state index contributed by atoms with van der Waals surface area (Å²) in [5.74, 6) is 0.245. The number of thiophene rings is 1. The Hall–Kier alpha value is -4.64. The maximum absolute atomic E-state index is 15.1. The minimum absolute atomic E-state index is 0.0172. The number of anilines is 3. The Labute approximate surface area is 276 Å². The zero-order valence-corrected chi connectivity index (χ0v) is 28.0. The number of hydrogen-bond acceptors (Lipinski definition) is 8. The molecule has 47 heavy (non-hydrogen) atoms. The first-order valence-corrected chi connectivity index (χ1v) is 16.9. The predicted molar refractivity (Wildman–Crippen MR) is 187 cm³/mol. The van der Waals surface area contributed by atoms with E-state index in [0.717, 1.165) is 56.1 Å². The normalized spacial score (nSPS) is 11.7. The zero-order chi connectivity index (χ0) is 33.2. The lowest BCUT2D eigenvalue weighted by Crippen LogP contribution is -2.26. The summed E-state index contributed by atoms with van der Waals surface area (Å²) >= 11 is 1.38. The largest absolute Gasteiger partial charge is 0.439 e. The summed E-state index contributed by atoms with van der Waals surface area (Å²) in [6.45, 7) is 11.8. The number of fused-ring (bicyclic) bond motifs is 2. The van der Waals surface area contributed by atoms with Crippen molar-refractivity contribution in [3.05, 3.63) is 81.7 Å². The van der Waals surface area contributed by atoms with Gasteiger partial charge in [-0.25, -0.2) is 23.7 Å². The van der Waals surface area contributed by atoms with Crippen molar-refractivity contribution < 1.29 is 13.2 Å². The van der Waals surface area contributed by atoms with E-state index in [4.69, 9.17) is 4.42 Å². The van der Waals surface area contributed by atoms with Crippen LogP contribution >= 0.6 is 11.3 Å². The molecule has 0 aliphatic rings. The van der Waals surface area contributed by atoms with Gasteiger partial charge in [-0.2, -0.15) is 0 Å². The molecule has 4 heterocycles. The molecule has 8 nitrogen and oxygen atoms in total. The molecule has 0 spiro atoms. The monoisotopic (exact) mass is 656 g/mol. The molecule has 0 bridgehead atoms. The van der Waals surface area contributed by atoms with Crippen LogP contribution in [0.1, 0.15) is 65.2 Å². The second-order valence-electron chi connectivity index (χ2n) is 12.0. The van der Waals surface area contributed by atoms with E-state index in [1.165, 1.54) is 17.4 Å². The first kappa shape index (κ1) is 32.3. The molecule has 6 rings (SSSR count). The quantitative estimate of drug-likeness (QED) is 0.131. The van der Waals surface area contributed by atoms with Crippen LogP contribution in [0.25, 0.3) is 43.7 Å². The van der Waals surface area contributed by atoms with Crippen molar-refractivity contribution in [1.29, 1.82) is 0 Å². The fourth-order valence-electron chi connectivity index (χ4n) is 5.99. The van der Waals surface area contributed by atoms with Gasteiger partial charge in [0.25, 0.3) is 0 Å². The summed E-state index contributed by atoms with van der Waals surface area (Å²) in [5, 5.41) is 5.08. The second kappa shape index (κ2) is 13.6. The highest BCUT2D eigenvalue weighted by atomic mass is 32.1. The fraction of sp³-hybridized carbons (Fsp3) is 0.333. The lowest BCUT2D eigenvalue weighted by molar-refractivity contribution is 0.555. The summed E-state index contributed by atoms with van der Waals surface area (Å²) < 4.78 is 39.0. The van der Waals surface area contributed by atoms with Crippen LogP contribution in [0.15, 0.2) is 63.3 Å². The zero-order valence-electron chi connectivity index (χ0n) is 27.2. The predicted octanol–water partition coefficient (Wildman–Crippen LogP) is 9.65. The molecule has 1 N–H and O–H groups in total. The molecule has 0 amide bonds. The van der Waals surface area contributed by atoms with Crippen LogP contribution in [0.5, 0.6) is 0 Å². The number of nitrogens with zero attached hydrogens (tertiary/aromatic N) is 5. The maximum atomic E-state index is 15.1. The lowest BCUT2D eigenvalue weighted by atomic mass is 10.1. The Balaban J connectivity index is 1.27. The van der Waals surface area contributed by atoms with E-state index < -0.39 is 11.6 Å². The van der Waals surface area contributed by atoms with Gasteiger partial charge in [-0.3, -0.25) is 4.79 Å². The van der Waals surface area contributed by atoms with Gasteiger partial charge in [0.1, 0.15) is 21.7 Å². The topological polar surface area (TPSA) is 89.1 Å². The Morgan fingerprint density at radius 3 is 2.49 bits per heavy atom. The van der Waals surface area contributed by atoms with Crippen LogP contribution in [0, 0.1) is 18.6 Å². The summed E-state index contributed by atoms with van der Waals surface area (Å²) in [6, 6.07) is 12.2. The van der Waals surface area contributed by atoms with Gasteiger partial charge in [-0.1, -0.05) is 38.8 Å². The van der Waals surface area contributed by atoms with Gasteiger partial charge >= 0.3 is 0 Å². The second-order valence-corrected chi connectivity index (χ2v) is 12.9. The van der Waals surface area contributed by atoms with E-state index in [1.54, 1.807) is 12.1 Å². The third-order valence-corrected chi connectivity index (χ3v) is 9.15. The van der Waals surface area contributed by atoms with E-state index in [-0.39, 0.29) is 28.6 Å². The van der Waals surface area contributed by atoms with E-state index in [0.29, 0.717) is 38.8 Å². The van der Waals surface area contributed by atoms with Crippen molar-refractivity contribution >= 4 is 50.2 Å². The number of halogens is 2. The molecule has 244 valence electrons. The van der Waals surface area contributed by atoms with Crippen molar-refractivity contribution in [3.63, 3.8) is 0 Å².